The molecule has 4 nitrogen and oxygen atoms in total. The van der Waals surface area contributed by atoms with Gasteiger partial charge in [-0.2, -0.15) is 0 Å². The standard InChI is InChI=1S/C11H13F3N2O2S.ClH/c12-7-2-3-8(10(14)9(7)13)19(17,18)16-6-11(15)4-1-5-11;/h2-3,16H,1,4-6,15H2;1H. The summed E-state index contributed by atoms with van der Waals surface area (Å²) >= 11 is 0. The van der Waals surface area contributed by atoms with Gasteiger partial charge in [0.2, 0.25) is 10.0 Å². The van der Waals surface area contributed by atoms with Crippen molar-refractivity contribution in [3.8, 4) is 0 Å². The Kier molecular flexibility index (Phi) is 5.07. The third-order valence-corrected chi connectivity index (χ3v) is 4.67. The summed E-state index contributed by atoms with van der Waals surface area (Å²) in [6.07, 6.45) is 2.23. The van der Waals surface area contributed by atoms with Crippen LogP contribution in [0, 0.1) is 17.5 Å². The Bertz CT molecular complexity index is 606. The molecule has 1 aromatic carbocycles. The zero-order chi connectivity index (χ0) is 14.3. The second-order valence-electron chi connectivity index (χ2n) is 4.71. The molecule has 0 bridgehead atoms. The first-order chi connectivity index (χ1) is 8.75. The fraction of sp³-hybridized carbons (Fsp3) is 0.455. The molecular formula is C11H14ClF3N2O2S. The van der Waals surface area contributed by atoms with Gasteiger partial charge in [0.05, 0.1) is 0 Å². The summed E-state index contributed by atoms with van der Waals surface area (Å²) in [5, 5.41) is 0. The molecule has 0 saturated heterocycles. The van der Waals surface area contributed by atoms with Crippen LogP contribution in [0.4, 0.5) is 13.2 Å². The Hall–Kier alpha value is -0.830. The highest BCUT2D eigenvalue weighted by molar-refractivity contribution is 7.89. The summed E-state index contributed by atoms with van der Waals surface area (Å²) < 4.78 is 64.9. The van der Waals surface area contributed by atoms with Crippen LogP contribution in [0.3, 0.4) is 0 Å². The minimum atomic E-state index is -4.25. The van der Waals surface area contributed by atoms with E-state index >= 15 is 0 Å². The predicted octanol–water partition coefficient (Wildman–Crippen LogP) is 1.69. The Morgan fingerprint density at radius 3 is 2.30 bits per heavy atom. The first-order valence-electron chi connectivity index (χ1n) is 5.67. The van der Waals surface area contributed by atoms with Crippen LogP contribution < -0.4 is 10.5 Å². The van der Waals surface area contributed by atoms with Crippen molar-refractivity contribution in [3.05, 3.63) is 29.6 Å². The van der Waals surface area contributed by atoms with Crippen LogP contribution in [0.5, 0.6) is 0 Å². The molecule has 0 amide bonds. The fourth-order valence-corrected chi connectivity index (χ4v) is 3.05. The number of sulfonamides is 1. The fourth-order valence-electron chi connectivity index (χ4n) is 1.84. The van der Waals surface area contributed by atoms with E-state index in [0.717, 1.165) is 6.42 Å². The Labute approximate surface area is 121 Å². The largest absolute Gasteiger partial charge is 0.324 e. The smallest absolute Gasteiger partial charge is 0.243 e. The van der Waals surface area contributed by atoms with Gasteiger partial charge in [0.15, 0.2) is 17.5 Å². The van der Waals surface area contributed by atoms with Crippen LogP contribution in [0.2, 0.25) is 0 Å². The van der Waals surface area contributed by atoms with E-state index in [1.807, 2.05) is 0 Å². The first kappa shape index (κ1) is 17.2. The van der Waals surface area contributed by atoms with Crippen LogP contribution in [-0.4, -0.2) is 20.5 Å². The third kappa shape index (κ3) is 3.25. The molecule has 1 aliphatic carbocycles. The molecule has 1 aromatic rings. The van der Waals surface area contributed by atoms with Gasteiger partial charge in [-0.3, -0.25) is 0 Å². The average molecular weight is 331 g/mol. The monoisotopic (exact) mass is 330 g/mol. The van der Waals surface area contributed by atoms with Crippen molar-refractivity contribution in [2.24, 2.45) is 5.73 Å². The summed E-state index contributed by atoms with van der Waals surface area (Å²) in [4.78, 5) is -0.922. The van der Waals surface area contributed by atoms with Gasteiger partial charge in [0.25, 0.3) is 0 Å². The van der Waals surface area contributed by atoms with E-state index in [9.17, 15) is 21.6 Å². The van der Waals surface area contributed by atoms with Gasteiger partial charge >= 0.3 is 0 Å². The zero-order valence-electron chi connectivity index (χ0n) is 10.3. The molecule has 0 heterocycles. The highest BCUT2D eigenvalue weighted by atomic mass is 35.5. The van der Waals surface area contributed by atoms with Crippen molar-refractivity contribution in [2.45, 2.75) is 29.7 Å². The van der Waals surface area contributed by atoms with E-state index in [0.29, 0.717) is 25.0 Å². The van der Waals surface area contributed by atoms with Crippen molar-refractivity contribution in [1.82, 2.24) is 4.72 Å². The molecule has 0 radical (unpaired) electrons. The second-order valence-corrected chi connectivity index (χ2v) is 6.45. The van der Waals surface area contributed by atoms with Crippen LogP contribution in [0.15, 0.2) is 17.0 Å². The maximum atomic E-state index is 13.4. The van der Waals surface area contributed by atoms with E-state index in [-0.39, 0.29) is 19.0 Å². The molecule has 1 fully saturated rings. The van der Waals surface area contributed by atoms with Gasteiger partial charge in [-0.1, -0.05) is 0 Å². The van der Waals surface area contributed by atoms with Gasteiger partial charge in [-0.05, 0) is 31.4 Å². The SMILES string of the molecule is Cl.NC1(CNS(=O)(=O)c2ccc(F)c(F)c2F)CCC1. The normalized spacial score (nSPS) is 17.2. The maximum absolute atomic E-state index is 13.4. The zero-order valence-corrected chi connectivity index (χ0v) is 12.0. The summed E-state index contributed by atoms with van der Waals surface area (Å²) in [6, 6.07) is 1.24. The molecule has 0 spiro atoms. The maximum Gasteiger partial charge on any atom is 0.243 e. The average Bonchev–Trinajstić information content (AvgIpc) is 2.31. The number of benzene rings is 1. The van der Waals surface area contributed by atoms with Crippen LogP contribution in [0.25, 0.3) is 0 Å². The van der Waals surface area contributed by atoms with Crippen molar-refractivity contribution >= 4 is 22.4 Å². The van der Waals surface area contributed by atoms with Gasteiger partial charge in [-0.15, -0.1) is 12.4 Å². The van der Waals surface area contributed by atoms with Gasteiger partial charge in [0, 0.05) is 12.1 Å². The molecule has 1 aliphatic rings. The lowest BCUT2D eigenvalue weighted by molar-refractivity contribution is 0.251. The Morgan fingerprint density at radius 1 is 1.20 bits per heavy atom. The van der Waals surface area contributed by atoms with Crippen LogP contribution >= 0.6 is 12.4 Å². The molecule has 3 N–H and O–H groups in total. The summed E-state index contributed by atoms with van der Waals surface area (Å²) in [5.41, 5.74) is 5.19. The molecular weight excluding hydrogens is 317 g/mol. The summed E-state index contributed by atoms with van der Waals surface area (Å²) in [6.45, 7) is -0.0617. The molecule has 9 heteroatoms. The highest BCUT2D eigenvalue weighted by Gasteiger charge is 2.34. The van der Waals surface area contributed by atoms with Gasteiger partial charge < -0.3 is 5.73 Å². The number of nitrogens with two attached hydrogens (primary N) is 1. The topological polar surface area (TPSA) is 72.2 Å². The molecule has 0 unspecified atom stereocenters. The third-order valence-electron chi connectivity index (χ3n) is 3.25. The lowest BCUT2D eigenvalue weighted by atomic mass is 9.78. The molecule has 0 atom stereocenters. The molecule has 0 aliphatic heterocycles. The van der Waals surface area contributed by atoms with E-state index < -0.39 is 37.9 Å². The molecule has 0 aromatic heterocycles. The number of rotatable bonds is 4. The number of nitrogens with one attached hydrogen (secondary N) is 1. The molecule has 20 heavy (non-hydrogen) atoms. The van der Waals surface area contributed by atoms with Crippen LogP contribution in [-0.2, 0) is 10.0 Å². The summed E-state index contributed by atoms with van der Waals surface area (Å²) in [7, 11) is -4.25. The summed E-state index contributed by atoms with van der Waals surface area (Å²) in [5.74, 6) is -4.98. The van der Waals surface area contributed by atoms with E-state index in [1.165, 1.54) is 0 Å². The lowest BCUT2D eigenvalue weighted by Gasteiger charge is -2.38. The van der Waals surface area contributed by atoms with Crippen molar-refractivity contribution < 1.29 is 21.6 Å². The molecule has 2 rings (SSSR count). The van der Waals surface area contributed by atoms with Gasteiger partial charge in [-0.25, -0.2) is 26.3 Å². The minimum absolute atomic E-state index is 0. The minimum Gasteiger partial charge on any atom is -0.324 e. The van der Waals surface area contributed by atoms with E-state index in [1.54, 1.807) is 0 Å². The second kappa shape index (κ2) is 5.88. The Balaban J connectivity index is 0.00000200. The van der Waals surface area contributed by atoms with Gasteiger partial charge in [0.1, 0.15) is 4.90 Å². The molecule has 1 saturated carbocycles. The lowest BCUT2D eigenvalue weighted by Crippen LogP contribution is -2.54. The number of hydrogen-bond donors (Lipinski definition) is 2. The van der Waals surface area contributed by atoms with E-state index in [4.69, 9.17) is 5.73 Å². The first-order valence-corrected chi connectivity index (χ1v) is 7.16. The quantitative estimate of drug-likeness (QED) is 0.825. The molecule has 114 valence electrons. The van der Waals surface area contributed by atoms with Crippen LogP contribution in [0.1, 0.15) is 19.3 Å². The Morgan fingerprint density at radius 2 is 1.80 bits per heavy atom. The van der Waals surface area contributed by atoms with Crippen molar-refractivity contribution in [1.29, 1.82) is 0 Å². The number of halogens is 4. The predicted molar refractivity (Wildman–Crippen MR) is 69.5 cm³/mol. The van der Waals surface area contributed by atoms with E-state index in [2.05, 4.69) is 4.72 Å². The van der Waals surface area contributed by atoms with Crippen molar-refractivity contribution in [2.75, 3.05) is 6.54 Å². The highest BCUT2D eigenvalue weighted by Crippen LogP contribution is 2.29. The number of hydrogen-bond acceptors (Lipinski definition) is 3. The van der Waals surface area contributed by atoms with Crippen molar-refractivity contribution in [3.63, 3.8) is 0 Å².